The molecule has 0 radical (unpaired) electrons. The van der Waals surface area contributed by atoms with Gasteiger partial charge in [0.15, 0.2) is 0 Å². The van der Waals surface area contributed by atoms with Crippen molar-refractivity contribution in [3.05, 3.63) is 64.2 Å². The molecule has 3 N–H and O–H groups in total. The van der Waals surface area contributed by atoms with Gasteiger partial charge < -0.3 is 20.3 Å². The maximum absolute atomic E-state index is 13.0. The minimum absolute atomic E-state index is 0.332. The third kappa shape index (κ3) is 8.13. The van der Waals surface area contributed by atoms with Crippen LogP contribution in [-0.2, 0) is 33.3 Å². The lowest BCUT2D eigenvalue weighted by Crippen LogP contribution is -2.42. The van der Waals surface area contributed by atoms with Crippen molar-refractivity contribution in [3.8, 4) is 5.75 Å². The van der Waals surface area contributed by atoms with Crippen molar-refractivity contribution < 1.29 is 60.5 Å². The van der Waals surface area contributed by atoms with E-state index in [1.54, 1.807) is 0 Å². The minimum Gasteiger partial charge on any atom is -0.507 e. The summed E-state index contributed by atoms with van der Waals surface area (Å²) in [6, 6.07) is 1.77. The number of phenolic OH excluding ortho intramolecular Hbond substituents is 1. The van der Waals surface area contributed by atoms with Crippen LogP contribution in [0.1, 0.15) is 44.3 Å². The highest BCUT2D eigenvalue weighted by Gasteiger charge is 2.33. The molecule has 0 saturated heterocycles. The third-order valence-electron chi connectivity index (χ3n) is 4.62. The Morgan fingerprint density at radius 2 is 1.49 bits per heavy atom. The van der Waals surface area contributed by atoms with Crippen molar-refractivity contribution in [1.82, 2.24) is 5.32 Å². The highest BCUT2D eigenvalue weighted by atomic mass is 32.2. The second kappa shape index (κ2) is 11.5. The predicted molar refractivity (Wildman–Crippen MR) is 116 cm³/mol. The number of amides is 1. The van der Waals surface area contributed by atoms with Gasteiger partial charge in [0.05, 0.1) is 22.3 Å². The number of aromatic carboxylic acids is 1. The van der Waals surface area contributed by atoms with Crippen molar-refractivity contribution in [2.24, 2.45) is 0 Å². The second-order valence-corrected chi connectivity index (χ2v) is 8.36. The summed E-state index contributed by atoms with van der Waals surface area (Å²) in [4.78, 5) is 47.6. The predicted octanol–water partition coefficient (Wildman–Crippen LogP) is 4.25. The number of carboxylic acids is 1. The van der Waals surface area contributed by atoms with Crippen LogP contribution >= 0.6 is 11.8 Å². The summed E-state index contributed by atoms with van der Waals surface area (Å²) in [5.41, 5.74) is -3.97. The Hall–Kier alpha value is -3.75. The fourth-order valence-corrected chi connectivity index (χ4v) is 3.74. The number of carbonyl (C=O) groups excluding carboxylic acids is 3. The number of halogens is 6. The molecule has 1 amide bonds. The number of alkyl halides is 6. The molecule has 2 aromatic carbocycles. The van der Waals surface area contributed by atoms with E-state index in [0.29, 0.717) is 42.1 Å². The molecule has 8 nitrogen and oxygen atoms in total. The summed E-state index contributed by atoms with van der Waals surface area (Å²) in [6.45, 7) is 0.0859. The van der Waals surface area contributed by atoms with Gasteiger partial charge in [0.25, 0.3) is 0 Å². The maximum atomic E-state index is 13.0. The second-order valence-electron chi connectivity index (χ2n) is 7.36. The molecule has 1 unspecified atom stereocenters. The number of carboxylic acid groups (broad SMARTS) is 1. The van der Waals surface area contributed by atoms with E-state index < -0.39 is 87.3 Å². The normalized spacial score (nSPS) is 12.5. The van der Waals surface area contributed by atoms with E-state index in [-0.39, 0.29) is 0 Å². The van der Waals surface area contributed by atoms with E-state index in [0.717, 1.165) is 13.0 Å². The van der Waals surface area contributed by atoms with E-state index in [2.05, 4.69) is 5.32 Å². The zero-order chi connectivity index (χ0) is 28.1. The van der Waals surface area contributed by atoms with Gasteiger partial charge in [-0.1, -0.05) is 11.8 Å². The molecule has 0 aliphatic rings. The van der Waals surface area contributed by atoms with Crippen LogP contribution in [0.4, 0.5) is 26.3 Å². The van der Waals surface area contributed by atoms with Crippen molar-refractivity contribution >= 4 is 34.7 Å². The third-order valence-corrected chi connectivity index (χ3v) is 5.60. The number of thioether (sulfide) groups is 1. The van der Waals surface area contributed by atoms with Crippen molar-refractivity contribution in [2.45, 2.75) is 31.9 Å². The molecule has 2 rings (SSSR count). The van der Waals surface area contributed by atoms with Crippen LogP contribution < -0.4 is 5.32 Å². The quantitative estimate of drug-likeness (QED) is 0.327. The topological polar surface area (TPSA) is 130 Å². The summed E-state index contributed by atoms with van der Waals surface area (Å²) in [6.07, 6.45) is -9.58. The number of phenols is 1. The first-order valence-corrected chi connectivity index (χ1v) is 10.9. The first-order chi connectivity index (χ1) is 17.0. The fourth-order valence-electron chi connectivity index (χ4n) is 2.88. The van der Waals surface area contributed by atoms with E-state index in [4.69, 9.17) is 4.74 Å². The molecule has 0 aromatic heterocycles. The number of esters is 1. The van der Waals surface area contributed by atoms with Gasteiger partial charge in [0.1, 0.15) is 18.4 Å². The van der Waals surface area contributed by atoms with Gasteiger partial charge in [-0.3, -0.25) is 9.59 Å². The van der Waals surface area contributed by atoms with E-state index in [1.807, 2.05) is 0 Å². The summed E-state index contributed by atoms with van der Waals surface area (Å²) in [7, 11) is 0. The molecule has 1 atom stereocenters. The molecule has 0 heterocycles. The number of nitrogens with one attached hydrogen (secondary N) is 1. The molecule has 15 heteroatoms. The average Bonchev–Trinajstić information content (AvgIpc) is 2.78. The van der Waals surface area contributed by atoms with Gasteiger partial charge in [0, 0.05) is 18.2 Å². The molecule has 2 aromatic rings. The van der Waals surface area contributed by atoms with Crippen LogP contribution in [0.15, 0.2) is 36.4 Å². The highest BCUT2D eigenvalue weighted by Crippen LogP contribution is 2.34. The summed E-state index contributed by atoms with van der Waals surface area (Å²) >= 11 is 0.332. The van der Waals surface area contributed by atoms with E-state index in [9.17, 15) is 55.7 Å². The summed E-state index contributed by atoms with van der Waals surface area (Å²) in [5, 5.41) is 20.2. The SMILES string of the molecule is CC(=O)NC(CSC(=O)c1ccc(C(F)(F)F)cc1O)C(=O)OCc1cc(C(F)(F)F)ccc1C(=O)O. The standard InChI is InChI=1S/C22H17F6NO7S/c1-10(30)29-16(9-37-20(35)15-5-3-13(7-17(15)31)22(26,27)28)19(34)36-8-11-6-12(21(23,24)25)2-4-14(11)18(32)33/h2-7,16,31H,8-9H2,1H3,(H,29,30)(H,32,33). The van der Waals surface area contributed by atoms with Crippen LogP contribution in [-0.4, -0.2) is 45.0 Å². The summed E-state index contributed by atoms with van der Waals surface area (Å²) < 4.78 is 82.0. The molecule has 0 spiro atoms. The fraction of sp³-hybridized carbons (Fsp3) is 0.273. The Kier molecular flexibility index (Phi) is 9.19. The molecule has 200 valence electrons. The van der Waals surface area contributed by atoms with Gasteiger partial charge >= 0.3 is 24.3 Å². The van der Waals surface area contributed by atoms with Crippen LogP contribution in [0.25, 0.3) is 0 Å². The molecular formula is C22H17F6NO7S. The zero-order valence-corrected chi connectivity index (χ0v) is 19.4. The lowest BCUT2D eigenvalue weighted by Gasteiger charge is -2.17. The van der Waals surface area contributed by atoms with Crippen LogP contribution in [0.2, 0.25) is 0 Å². The van der Waals surface area contributed by atoms with Crippen molar-refractivity contribution in [1.29, 1.82) is 0 Å². The number of benzene rings is 2. The monoisotopic (exact) mass is 553 g/mol. The molecule has 0 saturated carbocycles. The Labute approximate surface area is 208 Å². The van der Waals surface area contributed by atoms with E-state index >= 15 is 0 Å². The Balaban J connectivity index is 2.16. The molecule has 37 heavy (non-hydrogen) atoms. The van der Waals surface area contributed by atoms with Crippen LogP contribution in [0, 0.1) is 0 Å². The number of carbonyl (C=O) groups is 4. The van der Waals surface area contributed by atoms with E-state index in [1.165, 1.54) is 0 Å². The Morgan fingerprint density at radius 1 is 0.946 bits per heavy atom. The molecule has 0 fully saturated rings. The smallest absolute Gasteiger partial charge is 0.416 e. The van der Waals surface area contributed by atoms with Crippen molar-refractivity contribution in [2.75, 3.05) is 5.75 Å². The van der Waals surface area contributed by atoms with Gasteiger partial charge in [-0.25, -0.2) is 9.59 Å². The lowest BCUT2D eigenvalue weighted by molar-refractivity contribution is -0.148. The van der Waals surface area contributed by atoms with Gasteiger partial charge in [-0.2, -0.15) is 26.3 Å². The summed E-state index contributed by atoms with van der Waals surface area (Å²) in [5.74, 6) is -5.10. The zero-order valence-electron chi connectivity index (χ0n) is 18.6. The molecule has 0 aliphatic heterocycles. The largest absolute Gasteiger partial charge is 0.507 e. The number of aromatic hydroxyl groups is 1. The highest BCUT2D eigenvalue weighted by molar-refractivity contribution is 8.14. The molecule has 0 bridgehead atoms. The Morgan fingerprint density at radius 3 is 1.97 bits per heavy atom. The average molecular weight is 553 g/mol. The van der Waals surface area contributed by atoms with Gasteiger partial charge in [-0.15, -0.1) is 0 Å². The maximum Gasteiger partial charge on any atom is 0.416 e. The van der Waals surface area contributed by atoms with Crippen LogP contribution in [0.3, 0.4) is 0 Å². The van der Waals surface area contributed by atoms with Crippen LogP contribution in [0.5, 0.6) is 5.75 Å². The number of hydrogen-bond acceptors (Lipinski definition) is 7. The first-order valence-electron chi connectivity index (χ1n) is 9.95. The van der Waals surface area contributed by atoms with Gasteiger partial charge in [0.2, 0.25) is 11.0 Å². The Bertz CT molecular complexity index is 1210. The number of ether oxygens (including phenoxy) is 1. The first kappa shape index (κ1) is 29.5. The minimum atomic E-state index is -4.81. The number of rotatable bonds is 8. The number of hydrogen-bond donors (Lipinski definition) is 3. The molecular weight excluding hydrogens is 536 g/mol. The molecule has 0 aliphatic carbocycles. The lowest BCUT2D eigenvalue weighted by atomic mass is 10.0. The van der Waals surface area contributed by atoms with Crippen molar-refractivity contribution in [3.63, 3.8) is 0 Å². The van der Waals surface area contributed by atoms with Gasteiger partial charge in [-0.05, 0) is 36.4 Å².